The largest absolute Gasteiger partial charge is 0.444 e. The molecular weight excluding hydrogens is 502 g/mol. The van der Waals surface area contributed by atoms with E-state index in [1.807, 2.05) is 97.9 Å². The molecule has 2 aromatic carbocycles. The number of alkyl carbamates (subject to hydrolysis) is 1. The van der Waals surface area contributed by atoms with Crippen LogP contribution in [0.5, 0.6) is 0 Å². The van der Waals surface area contributed by atoms with Crippen molar-refractivity contribution in [2.24, 2.45) is 5.92 Å². The SMILES string of the molecule is CCC(C)(C)N(C(=O)C(CC(C)C)NC(=O)OC(C)(C)C)C(C(=O)Nc1ccccc1C)c1c(C)cccc1C. The first-order valence-electron chi connectivity index (χ1n) is 14.2. The van der Waals surface area contributed by atoms with Crippen LogP contribution < -0.4 is 10.6 Å². The van der Waals surface area contributed by atoms with Crippen LogP contribution in [0.3, 0.4) is 0 Å². The molecule has 7 heteroatoms. The number of hydrogen-bond acceptors (Lipinski definition) is 4. The Bertz CT molecular complexity index is 1180. The lowest BCUT2D eigenvalue weighted by Gasteiger charge is -2.45. The molecule has 0 aliphatic heterocycles. The van der Waals surface area contributed by atoms with Gasteiger partial charge in [0.25, 0.3) is 5.91 Å². The molecule has 220 valence electrons. The van der Waals surface area contributed by atoms with E-state index in [2.05, 4.69) is 10.6 Å². The standard InChI is InChI=1S/C33H49N3O4/c1-12-33(10,11)36(30(38)26(20-21(2)3)35-31(39)40-32(7,8)9)28(27-23(5)17-15-18-24(27)6)29(37)34-25-19-14-13-16-22(25)4/h13-19,21,26,28H,12,20H2,1-11H3,(H,34,37)(H,35,39). The van der Waals surface area contributed by atoms with Crippen molar-refractivity contribution in [1.29, 1.82) is 0 Å². The summed E-state index contributed by atoms with van der Waals surface area (Å²) in [4.78, 5) is 43.5. The minimum atomic E-state index is -0.932. The summed E-state index contributed by atoms with van der Waals surface area (Å²) in [6, 6.07) is 11.7. The molecular formula is C33H49N3O4. The first kappa shape index (κ1) is 32.9. The van der Waals surface area contributed by atoms with E-state index in [4.69, 9.17) is 4.74 Å². The van der Waals surface area contributed by atoms with E-state index < -0.39 is 29.3 Å². The number of ether oxygens (including phenoxy) is 1. The summed E-state index contributed by atoms with van der Waals surface area (Å²) in [6.45, 7) is 21.1. The number of anilines is 1. The Morgan fingerprint density at radius 2 is 1.43 bits per heavy atom. The first-order chi connectivity index (χ1) is 18.5. The van der Waals surface area contributed by atoms with Gasteiger partial charge in [-0.05, 0) is 102 Å². The van der Waals surface area contributed by atoms with Crippen LogP contribution in [0, 0.1) is 26.7 Å². The van der Waals surface area contributed by atoms with Crippen LogP contribution in [0.25, 0.3) is 0 Å². The molecule has 3 amide bonds. The Hall–Kier alpha value is -3.35. The molecule has 40 heavy (non-hydrogen) atoms. The van der Waals surface area contributed by atoms with E-state index in [0.717, 1.165) is 22.3 Å². The van der Waals surface area contributed by atoms with Crippen molar-refractivity contribution in [2.45, 2.75) is 112 Å². The van der Waals surface area contributed by atoms with Gasteiger partial charge < -0.3 is 20.3 Å². The van der Waals surface area contributed by atoms with Crippen LogP contribution >= 0.6 is 0 Å². The molecule has 0 bridgehead atoms. The van der Waals surface area contributed by atoms with Crippen LogP contribution in [-0.2, 0) is 14.3 Å². The van der Waals surface area contributed by atoms with Gasteiger partial charge in [0.1, 0.15) is 17.7 Å². The summed E-state index contributed by atoms with van der Waals surface area (Å²) < 4.78 is 5.51. The Labute approximate surface area is 241 Å². The van der Waals surface area contributed by atoms with Gasteiger partial charge in [-0.2, -0.15) is 0 Å². The molecule has 0 aliphatic rings. The number of hydrogen-bond donors (Lipinski definition) is 2. The van der Waals surface area contributed by atoms with E-state index in [-0.39, 0.29) is 17.7 Å². The number of benzene rings is 2. The Morgan fingerprint density at radius 1 is 0.875 bits per heavy atom. The van der Waals surface area contributed by atoms with Gasteiger partial charge in [-0.25, -0.2) is 4.79 Å². The Morgan fingerprint density at radius 3 is 1.93 bits per heavy atom. The minimum Gasteiger partial charge on any atom is -0.444 e. The molecule has 0 saturated heterocycles. The maximum absolute atomic E-state index is 14.6. The van der Waals surface area contributed by atoms with Crippen molar-refractivity contribution in [1.82, 2.24) is 10.2 Å². The number of aryl methyl sites for hydroxylation is 3. The zero-order chi connectivity index (χ0) is 30.4. The lowest BCUT2D eigenvalue weighted by Crippen LogP contribution is -2.59. The van der Waals surface area contributed by atoms with Crippen molar-refractivity contribution < 1.29 is 19.1 Å². The van der Waals surface area contributed by atoms with Gasteiger partial charge in [-0.15, -0.1) is 0 Å². The number of amides is 3. The number of para-hydroxylation sites is 1. The summed E-state index contributed by atoms with van der Waals surface area (Å²) in [5.41, 5.74) is 2.79. The number of carbonyl (C=O) groups is 3. The van der Waals surface area contributed by atoms with E-state index in [1.165, 1.54) is 0 Å². The molecule has 0 spiro atoms. The van der Waals surface area contributed by atoms with Crippen LogP contribution in [0.2, 0.25) is 0 Å². The van der Waals surface area contributed by atoms with E-state index in [9.17, 15) is 14.4 Å². The number of nitrogens with one attached hydrogen (secondary N) is 2. The number of carbonyl (C=O) groups excluding carboxylic acids is 3. The van der Waals surface area contributed by atoms with Crippen LogP contribution in [0.15, 0.2) is 42.5 Å². The highest BCUT2D eigenvalue weighted by Gasteiger charge is 2.44. The molecule has 0 radical (unpaired) electrons. The number of rotatable bonds is 10. The fourth-order valence-corrected chi connectivity index (χ4v) is 4.81. The maximum Gasteiger partial charge on any atom is 0.408 e. The van der Waals surface area contributed by atoms with Crippen molar-refractivity contribution in [3.8, 4) is 0 Å². The lowest BCUT2D eigenvalue weighted by atomic mass is 9.87. The van der Waals surface area contributed by atoms with Crippen molar-refractivity contribution in [2.75, 3.05) is 5.32 Å². The molecule has 2 aromatic rings. The highest BCUT2D eigenvalue weighted by molar-refractivity contribution is 6.00. The molecule has 0 heterocycles. The third-order valence-electron chi connectivity index (χ3n) is 7.18. The second kappa shape index (κ2) is 13.3. The molecule has 0 saturated carbocycles. The van der Waals surface area contributed by atoms with Gasteiger partial charge in [0.05, 0.1) is 0 Å². The molecule has 7 nitrogen and oxygen atoms in total. The third-order valence-corrected chi connectivity index (χ3v) is 7.18. The van der Waals surface area contributed by atoms with Gasteiger partial charge in [-0.1, -0.05) is 57.2 Å². The molecule has 2 rings (SSSR count). The summed E-state index contributed by atoms with van der Waals surface area (Å²) >= 11 is 0. The topological polar surface area (TPSA) is 87.7 Å². The quantitative estimate of drug-likeness (QED) is 0.326. The fourth-order valence-electron chi connectivity index (χ4n) is 4.81. The minimum absolute atomic E-state index is 0.106. The number of nitrogens with zero attached hydrogens (tertiary/aromatic N) is 1. The summed E-state index contributed by atoms with van der Waals surface area (Å²) in [5, 5.41) is 5.93. The van der Waals surface area contributed by atoms with Crippen molar-refractivity contribution >= 4 is 23.6 Å². The van der Waals surface area contributed by atoms with E-state index in [1.54, 1.807) is 25.7 Å². The Kier molecular flexibility index (Phi) is 11.0. The highest BCUT2D eigenvalue weighted by atomic mass is 16.6. The van der Waals surface area contributed by atoms with E-state index >= 15 is 0 Å². The highest BCUT2D eigenvalue weighted by Crippen LogP contribution is 2.36. The predicted molar refractivity (Wildman–Crippen MR) is 162 cm³/mol. The van der Waals surface area contributed by atoms with E-state index in [0.29, 0.717) is 18.5 Å². The monoisotopic (exact) mass is 551 g/mol. The zero-order valence-corrected chi connectivity index (χ0v) is 26.3. The average Bonchev–Trinajstić information content (AvgIpc) is 2.82. The molecule has 0 aliphatic carbocycles. The molecule has 0 aromatic heterocycles. The summed E-state index contributed by atoms with van der Waals surface area (Å²) in [7, 11) is 0. The van der Waals surface area contributed by atoms with Crippen LogP contribution in [0.1, 0.15) is 96.5 Å². The van der Waals surface area contributed by atoms with Gasteiger partial charge in [0, 0.05) is 11.2 Å². The zero-order valence-electron chi connectivity index (χ0n) is 26.3. The summed E-state index contributed by atoms with van der Waals surface area (Å²) in [6.07, 6.45) is 0.333. The fraction of sp³-hybridized carbons (Fsp3) is 0.545. The first-order valence-corrected chi connectivity index (χ1v) is 14.2. The van der Waals surface area contributed by atoms with Crippen LogP contribution in [-0.4, -0.2) is 40.0 Å². The smallest absolute Gasteiger partial charge is 0.408 e. The second-order valence-electron chi connectivity index (χ2n) is 12.7. The lowest BCUT2D eigenvalue weighted by molar-refractivity contribution is -0.148. The van der Waals surface area contributed by atoms with Gasteiger partial charge in [0.15, 0.2) is 0 Å². The van der Waals surface area contributed by atoms with Gasteiger partial charge >= 0.3 is 6.09 Å². The van der Waals surface area contributed by atoms with Crippen LogP contribution in [0.4, 0.5) is 10.5 Å². The molecule has 0 fully saturated rings. The molecule has 2 N–H and O–H groups in total. The predicted octanol–water partition coefficient (Wildman–Crippen LogP) is 7.25. The van der Waals surface area contributed by atoms with Gasteiger partial charge in [0.2, 0.25) is 5.91 Å². The molecule has 2 atom stereocenters. The Balaban J connectivity index is 2.73. The van der Waals surface area contributed by atoms with Gasteiger partial charge in [-0.3, -0.25) is 9.59 Å². The second-order valence-corrected chi connectivity index (χ2v) is 12.7. The van der Waals surface area contributed by atoms with Crippen molar-refractivity contribution in [3.05, 3.63) is 64.7 Å². The maximum atomic E-state index is 14.6. The molecule has 2 unspecified atom stereocenters. The normalized spacial score (nSPS) is 13.4. The average molecular weight is 552 g/mol. The van der Waals surface area contributed by atoms with Crippen molar-refractivity contribution in [3.63, 3.8) is 0 Å². The third kappa shape index (κ3) is 8.57. The summed E-state index contributed by atoms with van der Waals surface area (Å²) in [5.74, 6) is -0.518.